The monoisotopic (exact) mass is 383 g/mol. The Morgan fingerprint density at radius 2 is 2.04 bits per heavy atom. The van der Waals surface area contributed by atoms with E-state index in [0.29, 0.717) is 19.6 Å². The minimum Gasteiger partial charge on any atom is -0.383 e. The summed E-state index contributed by atoms with van der Waals surface area (Å²) in [6, 6.07) is 10.2. The number of hydrogen-bond acceptors (Lipinski definition) is 3. The van der Waals surface area contributed by atoms with Crippen LogP contribution in [0.1, 0.15) is 35.5 Å². The summed E-state index contributed by atoms with van der Waals surface area (Å²) in [5.74, 6) is -0.709. The van der Waals surface area contributed by atoms with Crippen LogP contribution < -0.4 is 5.32 Å². The minimum atomic E-state index is -0.417. The molecular formula is C22H26FN3O2. The van der Waals surface area contributed by atoms with E-state index in [9.17, 15) is 14.4 Å². The van der Waals surface area contributed by atoms with Crippen molar-refractivity contribution < 1.29 is 13.9 Å². The highest BCUT2D eigenvalue weighted by Crippen LogP contribution is 2.22. The molecule has 0 aliphatic rings. The molecule has 1 N–H and O–H groups in total. The summed E-state index contributed by atoms with van der Waals surface area (Å²) < 4.78 is 20.3. The lowest BCUT2D eigenvalue weighted by atomic mass is 10.1. The summed E-state index contributed by atoms with van der Waals surface area (Å²) in [6.07, 6.45) is 2.18. The number of carbonyl (C=O) groups is 1. The Kier molecular flexibility index (Phi) is 7.53. The summed E-state index contributed by atoms with van der Waals surface area (Å²) >= 11 is 0. The zero-order valence-electron chi connectivity index (χ0n) is 16.8. The second-order valence-corrected chi connectivity index (χ2v) is 6.80. The van der Waals surface area contributed by atoms with Crippen LogP contribution >= 0.6 is 0 Å². The van der Waals surface area contributed by atoms with Crippen LogP contribution in [0.2, 0.25) is 0 Å². The predicted molar refractivity (Wildman–Crippen MR) is 107 cm³/mol. The Bertz CT molecular complexity index is 892. The molecule has 0 bridgehead atoms. The molecule has 0 radical (unpaired) electrons. The molecule has 1 aromatic heterocycles. The Morgan fingerprint density at radius 3 is 2.64 bits per heavy atom. The van der Waals surface area contributed by atoms with Gasteiger partial charge in [0.2, 0.25) is 0 Å². The Hall–Kier alpha value is -2.91. The molecule has 1 aromatic carbocycles. The molecule has 28 heavy (non-hydrogen) atoms. The molecule has 0 spiro atoms. The lowest BCUT2D eigenvalue weighted by molar-refractivity contribution is -0.117. The largest absolute Gasteiger partial charge is 0.383 e. The molecule has 0 fully saturated rings. The number of nitrogens with zero attached hydrogens (tertiary/aromatic N) is 2. The smallest absolute Gasteiger partial charge is 0.261 e. The molecule has 5 nitrogen and oxygen atoms in total. The van der Waals surface area contributed by atoms with Crippen molar-refractivity contribution >= 4 is 12.0 Å². The third-order valence-electron chi connectivity index (χ3n) is 4.65. The van der Waals surface area contributed by atoms with Crippen molar-refractivity contribution in [2.45, 2.75) is 33.2 Å². The van der Waals surface area contributed by atoms with Gasteiger partial charge in [0.15, 0.2) is 0 Å². The molecule has 2 aromatic rings. The van der Waals surface area contributed by atoms with E-state index in [-0.39, 0.29) is 17.4 Å². The predicted octanol–water partition coefficient (Wildman–Crippen LogP) is 3.72. The number of rotatable bonds is 8. The van der Waals surface area contributed by atoms with Crippen LogP contribution in [0.5, 0.6) is 0 Å². The van der Waals surface area contributed by atoms with Crippen LogP contribution in [0.3, 0.4) is 0 Å². The van der Waals surface area contributed by atoms with Crippen LogP contribution in [0, 0.1) is 31.0 Å². The fourth-order valence-corrected chi connectivity index (χ4v) is 3.31. The quantitative estimate of drug-likeness (QED) is 0.558. The third-order valence-corrected chi connectivity index (χ3v) is 4.65. The maximum atomic E-state index is 12.9. The second kappa shape index (κ2) is 9.86. The van der Waals surface area contributed by atoms with Crippen LogP contribution in [0.15, 0.2) is 35.9 Å². The number of hydrogen-bond donors (Lipinski definition) is 1. The van der Waals surface area contributed by atoms with E-state index < -0.39 is 5.91 Å². The molecule has 1 unspecified atom stereocenters. The van der Waals surface area contributed by atoms with Gasteiger partial charge in [-0.05, 0) is 62.6 Å². The van der Waals surface area contributed by atoms with Gasteiger partial charge in [0.1, 0.15) is 17.5 Å². The van der Waals surface area contributed by atoms with Crippen LogP contribution in [-0.2, 0) is 16.0 Å². The van der Waals surface area contributed by atoms with Gasteiger partial charge in [-0.1, -0.05) is 12.1 Å². The Balaban J connectivity index is 2.08. The first-order chi connectivity index (χ1) is 13.4. The number of nitrogens with one attached hydrogen (secondary N) is 1. The van der Waals surface area contributed by atoms with Crippen LogP contribution in [-0.4, -0.2) is 30.7 Å². The third kappa shape index (κ3) is 5.30. The van der Waals surface area contributed by atoms with E-state index in [1.54, 1.807) is 25.3 Å². The SMILES string of the molecule is COCC(C)n1c(C)cc(/C=C(\C#N)C(=O)NCCc2ccc(F)cc2)c1C. The van der Waals surface area contributed by atoms with E-state index in [4.69, 9.17) is 4.74 Å². The molecule has 148 valence electrons. The summed E-state index contributed by atoms with van der Waals surface area (Å²) in [7, 11) is 1.66. The summed E-state index contributed by atoms with van der Waals surface area (Å²) in [5, 5.41) is 12.2. The van der Waals surface area contributed by atoms with E-state index >= 15 is 0 Å². The number of halogens is 1. The number of benzene rings is 1. The average molecular weight is 383 g/mol. The van der Waals surface area contributed by atoms with Gasteiger partial charge >= 0.3 is 0 Å². The second-order valence-electron chi connectivity index (χ2n) is 6.80. The zero-order valence-corrected chi connectivity index (χ0v) is 16.8. The summed E-state index contributed by atoms with van der Waals surface area (Å²) in [4.78, 5) is 12.4. The maximum absolute atomic E-state index is 12.9. The molecule has 2 rings (SSSR count). The van der Waals surface area contributed by atoms with Crippen molar-refractivity contribution in [1.29, 1.82) is 5.26 Å². The number of aromatic nitrogens is 1. The number of nitriles is 1. The Morgan fingerprint density at radius 1 is 1.36 bits per heavy atom. The van der Waals surface area contributed by atoms with Gasteiger partial charge in [-0.25, -0.2) is 4.39 Å². The molecule has 1 heterocycles. The number of aryl methyl sites for hydroxylation is 1. The van der Waals surface area contributed by atoms with Crippen molar-refractivity contribution in [3.8, 4) is 6.07 Å². The average Bonchev–Trinajstić information content (AvgIpc) is 2.94. The highest BCUT2D eigenvalue weighted by Gasteiger charge is 2.15. The lowest BCUT2D eigenvalue weighted by Crippen LogP contribution is -2.26. The van der Waals surface area contributed by atoms with Gasteiger partial charge in [-0.15, -0.1) is 0 Å². The normalized spacial score (nSPS) is 12.5. The van der Waals surface area contributed by atoms with Crippen molar-refractivity contribution in [2.75, 3.05) is 20.3 Å². The van der Waals surface area contributed by atoms with E-state index in [1.807, 2.05) is 26.0 Å². The minimum absolute atomic E-state index is 0.0544. The van der Waals surface area contributed by atoms with Crippen LogP contribution in [0.4, 0.5) is 4.39 Å². The van der Waals surface area contributed by atoms with E-state index in [2.05, 4.69) is 16.8 Å². The highest BCUT2D eigenvalue weighted by molar-refractivity contribution is 6.01. The van der Waals surface area contributed by atoms with Crippen molar-refractivity contribution in [1.82, 2.24) is 9.88 Å². The van der Waals surface area contributed by atoms with E-state index in [1.165, 1.54) is 12.1 Å². The first-order valence-corrected chi connectivity index (χ1v) is 9.19. The molecule has 0 aliphatic carbocycles. The van der Waals surface area contributed by atoms with Crippen molar-refractivity contribution in [3.63, 3.8) is 0 Å². The van der Waals surface area contributed by atoms with Gasteiger partial charge in [-0.3, -0.25) is 4.79 Å². The molecule has 1 amide bonds. The molecule has 6 heteroatoms. The standard InChI is InChI=1S/C22H26FN3O2/c1-15-11-19(17(3)26(15)16(2)14-28-4)12-20(13-24)22(27)25-10-9-18-5-7-21(23)8-6-18/h5-8,11-12,16H,9-10,14H2,1-4H3,(H,25,27)/b20-12+. The number of amides is 1. The van der Waals surface area contributed by atoms with Crippen molar-refractivity contribution in [3.05, 3.63) is 64.2 Å². The number of carbonyl (C=O) groups excluding carboxylic acids is 1. The number of ether oxygens (including phenoxy) is 1. The first kappa shape index (κ1) is 21.4. The molecule has 0 saturated carbocycles. The summed E-state index contributed by atoms with van der Waals surface area (Å²) in [6.45, 7) is 6.96. The molecule has 1 atom stereocenters. The zero-order chi connectivity index (χ0) is 20.7. The number of methoxy groups -OCH3 is 1. The fraction of sp³-hybridized carbons (Fsp3) is 0.364. The lowest BCUT2D eigenvalue weighted by Gasteiger charge is -2.17. The Labute approximate surface area is 165 Å². The first-order valence-electron chi connectivity index (χ1n) is 9.19. The molecular weight excluding hydrogens is 357 g/mol. The fourth-order valence-electron chi connectivity index (χ4n) is 3.31. The van der Waals surface area contributed by atoms with Gasteiger partial charge in [0.25, 0.3) is 5.91 Å². The van der Waals surface area contributed by atoms with Crippen molar-refractivity contribution in [2.24, 2.45) is 0 Å². The van der Waals surface area contributed by atoms with Gasteiger partial charge in [-0.2, -0.15) is 5.26 Å². The van der Waals surface area contributed by atoms with E-state index in [0.717, 1.165) is 22.5 Å². The van der Waals surface area contributed by atoms with Gasteiger partial charge < -0.3 is 14.6 Å². The highest BCUT2D eigenvalue weighted by atomic mass is 19.1. The van der Waals surface area contributed by atoms with Gasteiger partial charge in [0.05, 0.1) is 12.6 Å². The maximum Gasteiger partial charge on any atom is 0.261 e. The molecule has 0 aliphatic heterocycles. The summed E-state index contributed by atoms with van der Waals surface area (Å²) in [5.41, 5.74) is 3.83. The van der Waals surface area contributed by atoms with Gasteiger partial charge in [0, 0.05) is 25.0 Å². The van der Waals surface area contributed by atoms with Crippen LogP contribution in [0.25, 0.3) is 6.08 Å². The molecule has 0 saturated heterocycles. The topological polar surface area (TPSA) is 67.0 Å².